The third-order valence-electron chi connectivity index (χ3n) is 4.71. The number of rotatable bonds is 8. The van der Waals surface area contributed by atoms with Crippen molar-refractivity contribution < 1.29 is 16.8 Å². The fourth-order valence-electron chi connectivity index (χ4n) is 3.04. The average molecular weight is 463 g/mol. The van der Waals surface area contributed by atoms with Gasteiger partial charge in [-0.2, -0.15) is 4.98 Å². The number of nitrogens with two attached hydrogens (primary N) is 1. The smallest absolute Gasteiger partial charge is 0.235 e. The van der Waals surface area contributed by atoms with E-state index in [1.165, 1.54) is 0 Å². The zero-order valence-electron chi connectivity index (χ0n) is 16.7. The van der Waals surface area contributed by atoms with Gasteiger partial charge >= 0.3 is 0 Å². The van der Waals surface area contributed by atoms with E-state index in [0.29, 0.717) is 46.6 Å². The molecule has 10 nitrogen and oxygen atoms in total. The highest BCUT2D eigenvalue weighted by atomic mass is 32.2. The molecule has 2 heterocycles. The van der Waals surface area contributed by atoms with Gasteiger partial charge in [0.2, 0.25) is 16.0 Å². The minimum Gasteiger partial charge on any atom is -0.368 e. The van der Waals surface area contributed by atoms with Crippen LogP contribution in [0.25, 0.3) is 22.3 Å². The van der Waals surface area contributed by atoms with Gasteiger partial charge in [-0.3, -0.25) is 4.72 Å². The first kappa shape index (κ1) is 21.2. The third kappa shape index (κ3) is 5.20. The molecule has 31 heavy (non-hydrogen) atoms. The molecular weight excluding hydrogens is 440 g/mol. The third-order valence-corrected chi connectivity index (χ3v) is 7.52. The SMILES string of the molecule is CS(=O)(=O)CCNc1nc(N)nc2ccc(-c3cccc(NS(=O)(=O)C4CC4)c3)nc12. The van der Waals surface area contributed by atoms with E-state index < -0.39 is 19.9 Å². The van der Waals surface area contributed by atoms with Crippen LogP contribution < -0.4 is 15.8 Å². The Balaban J connectivity index is 1.66. The van der Waals surface area contributed by atoms with Crippen molar-refractivity contribution in [3.05, 3.63) is 36.4 Å². The lowest BCUT2D eigenvalue weighted by Gasteiger charge is -2.11. The number of sulfone groups is 1. The van der Waals surface area contributed by atoms with Gasteiger partial charge in [0.05, 0.1) is 22.2 Å². The number of sulfonamides is 1. The second kappa shape index (κ2) is 7.93. The highest BCUT2D eigenvalue weighted by Gasteiger charge is 2.35. The molecule has 4 N–H and O–H groups in total. The van der Waals surface area contributed by atoms with Crippen molar-refractivity contribution in [1.82, 2.24) is 15.0 Å². The summed E-state index contributed by atoms with van der Waals surface area (Å²) in [6, 6.07) is 10.5. The summed E-state index contributed by atoms with van der Waals surface area (Å²) in [7, 11) is -6.52. The molecule has 0 aliphatic heterocycles. The molecule has 1 aliphatic rings. The number of hydrogen-bond acceptors (Lipinski definition) is 9. The lowest BCUT2D eigenvalue weighted by Crippen LogP contribution is -2.17. The summed E-state index contributed by atoms with van der Waals surface area (Å²) in [6.45, 7) is 0.148. The second-order valence-corrected chi connectivity index (χ2v) is 11.7. The molecular formula is C19H22N6O4S2. The van der Waals surface area contributed by atoms with Gasteiger partial charge in [0.15, 0.2) is 5.82 Å². The highest BCUT2D eigenvalue weighted by molar-refractivity contribution is 7.93. The molecule has 0 saturated heterocycles. The maximum Gasteiger partial charge on any atom is 0.235 e. The Morgan fingerprint density at radius 2 is 1.84 bits per heavy atom. The summed E-state index contributed by atoms with van der Waals surface area (Å²) < 4.78 is 49.9. The molecule has 12 heteroatoms. The fourth-order valence-corrected chi connectivity index (χ4v) is 4.89. The number of pyridine rings is 1. The number of nitrogen functional groups attached to an aromatic ring is 1. The van der Waals surface area contributed by atoms with Crippen LogP contribution in [0.3, 0.4) is 0 Å². The predicted octanol–water partition coefficient (Wildman–Crippen LogP) is 1.63. The van der Waals surface area contributed by atoms with Crippen molar-refractivity contribution in [2.24, 2.45) is 0 Å². The Morgan fingerprint density at radius 1 is 1.06 bits per heavy atom. The van der Waals surface area contributed by atoms with Crippen LogP contribution in [-0.2, 0) is 19.9 Å². The maximum atomic E-state index is 12.2. The number of fused-ring (bicyclic) bond motifs is 1. The van der Waals surface area contributed by atoms with E-state index in [1.54, 1.807) is 30.3 Å². The Labute approximate surface area is 180 Å². The molecule has 0 bridgehead atoms. The number of benzene rings is 1. The van der Waals surface area contributed by atoms with Crippen molar-refractivity contribution in [1.29, 1.82) is 0 Å². The van der Waals surface area contributed by atoms with E-state index >= 15 is 0 Å². The standard InChI is InChI=1S/C19H22N6O4S2/c1-30(26,27)10-9-21-18-17-16(23-19(20)24-18)8-7-15(22-17)12-3-2-4-13(11-12)25-31(28,29)14-5-6-14/h2-4,7-8,11,14,25H,5-6,9-10H2,1H3,(H3,20,21,23,24). The Hall–Kier alpha value is -2.99. The van der Waals surface area contributed by atoms with Gasteiger partial charge < -0.3 is 11.1 Å². The molecule has 3 aromatic rings. The lowest BCUT2D eigenvalue weighted by molar-refractivity contribution is 0.599. The molecule has 4 rings (SSSR count). The topological polar surface area (TPSA) is 157 Å². The quantitative estimate of drug-likeness (QED) is 0.452. The second-order valence-electron chi connectivity index (χ2n) is 7.48. The first-order valence-electron chi connectivity index (χ1n) is 9.59. The monoisotopic (exact) mass is 462 g/mol. The number of nitrogens with one attached hydrogen (secondary N) is 2. The van der Waals surface area contributed by atoms with Gasteiger partial charge in [-0.1, -0.05) is 12.1 Å². The summed E-state index contributed by atoms with van der Waals surface area (Å²) >= 11 is 0. The van der Waals surface area contributed by atoms with Gasteiger partial charge in [-0.15, -0.1) is 0 Å². The molecule has 0 spiro atoms. The van der Waals surface area contributed by atoms with Crippen LogP contribution in [0.5, 0.6) is 0 Å². The molecule has 164 valence electrons. The van der Waals surface area contributed by atoms with Gasteiger partial charge in [0, 0.05) is 24.1 Å². The van der Waals surface area contributed by atoms with E-state index in [9.17, 15) is 16.8 Å². The van der Waals surface area contributed by atoms with Crippen LogP contribution in [0.4, 0.5) is 17.5 Å². The summed E-state index contributed by atoms with van der Waals surface area (Å²) in [5, 5.41) is 2.64. The predicted molar refractivity (Wildman–Crippen MR) is 121 cm³/mol. The normalized spacial score (nSPS) is 14.5. The van der Waals surface area contributed by atoms with E-state index in [4.69, 9.17) is 5.73 Å². The minimum absolute atomic E-state index is 0.0420. The van der Waals surface area contributed by atoms with E-state index in [0.717, 1.165) is 6.26 Å². The van der Waals surface area contributed by atoms with E-state index in [1.807, 2.05) is 6.07 Å². The van der Waals surface area contributed by atoms with Crippen LogP contribution in [0.15, 0.2) is 36.4 Å². The number of nitrogens with zero attached hydrogens (tertiary/aromatic N) is 3. The molecule has 0 amide bonds. The zero-order valence-corrected chi connectivity index (χ0v) is 18.4. The first-order valence-corrected chi connectivity index (χ1v) is 13.2. The number of aromatic nitrogens is 3. The van der Waals surface area contributed by atoms with Gasteiger partial charge in [0.25, 0.3) is 0 Å². The van der Waals surface area contributed by atoms with E-state index in [2.05, 4.69) is 25.0 Å². The van der Waals surface area contributed by atoms with Crippen molar-refractivity contribution in [2.45, 2.75) is 18.1 Å². The molecule has 0 radical (unpaired) electrons. The average Bonchev–Trinajstić information content (AvgIpc) is 3.52. The fraction of sp³-hybridized carbons (Fsp3) is 0.316. The largest absolute Gasteiger partial charge is 0.368 e. The molecule has 0 atom stereocenters. The summed E-state index contributed by atoms with van der Waals surface area (Å²) in [5.74, 6) is 0.306. The van der Waals surface area contributed by atoms with Crippen molar-refractivity contribution in [3.8, 4) is 11.3 Å². The van der Waals surface area contributed by atoms with Gasteiger partial charge in [-0.05, 0) is 37.1 Å². The molecule has 1 fully saturated rings. The summed E-state index contributed by atoms with van der Waals surface area (Å²) in [5.41, 5.74) is 8.46. The van der Waals surface area contributed by atoms with Gasteiger partial charge in [0.1, 0.15) is 15.4 Å². The van der Waals surface area contributed by atoms with Crippen molar-refractivity contribution >= 4 is 48.3 Å². The molecule has 1 aromatic carbocycles. The molecule has 1 saturated carbocycles. The Kier molecular flexibility index (Phi) is 5.43. The van der Waals surface area contributed by atoms with Crippen molar-refractivity contribution in [2.75, 3.05) is 34.3 Å². The van der Waals surface area contributed by atoms with E-state index in [-0.39, 0.29) is 23.5 Å². The zero-order chi connectivity index (χ0) is 22.2. The molecule has 2 aromatic heterocycles. The highest BCUT2D eigenvalue weighted by Crippen LogP contribution is 2.31. The van der Waals surface area contributed by atoms with Crippen LogP contribution in [0.1, 0.15) is 12.8 Å². The molecule has 0 unspecified atom stereocenters. The van der Waals surface area contributed by atoms with Gasteiger partial charge in [-0.25, -0.2) is 26.8 Å². The first-order chi connectivity index (χ1) is 14.6. The Bertz CT molecular complexity index is 1360. The number of anilines is 3. The lowest BCUT2D eigenvalue weighted by atomic mass is 10.1. The maximum absolute atomic E-state index is 12.2. The summed E-state index contributed by atoms with van der Waals surface area (Å²) in [6.07, 6.45) is 2.51. The van der Waals surface area contributed by atoms with Crippen LogP contribution in [-0.4, -0.2) is 55.6 Å². The van der Waals surface area contributed by atoms with Crippen LogP contribution in [0, 0.1) is 0 Å². The number of hydrogen-bond donors (Lipinski definition) is 3. The molecule has 1 aliphatic carbocycles. The Morgan fingerprint density at radius 3 is 2.55 bits per heavy atom. The minimum atomic E-state index is -3.37. The van der Waals surface area contributed by atoms with Crippen LogP contribution >= 0.6 is 0 Å². The van der Waals surface area contributed by atoms with Crippen molar-refractivity contribution in [3.63, 3.8) is 0 Å². The van der Waals surface area contributed by atoms with Crippen LogP contribution in [0.2, 0.25) is 0 Å². The summed E-state index contributed by atoms with van der Waals surface area (Å²) in [4.78, 5) is 12.9.